The predicted octanol–water partition coefficient (Wildman–Crippen LogP) is 5.37. The van der Waals surface area contributed by atoms with Crippen LogP contribution in [0.4, 0.5) is 5.69 Å². The van der Waals surface area contributed by atoms with Gasteiger partial charge in [-0.05, 0) is 68.0 Å². The molecule has 6 heteroatoms. The molecule has 0 saturated carbocycles. The van der Waals surface area contributed by atoms with E-state index >= 15 is 0 Å². The van der Waals surface area contributed by atoms with Crippen LogP contribution in [0.2, 0.25) is 0 Å². The van der Waals surface area contributed by atoms with Gasteiger partial charge in [-0.15, -0.1) is 0 Å². The number of pyridine rings is 1. The summed E-state index contributed by atoms with van der Waals surface area (Å²) in [5.41, 5.74) is 4.93. The van der Waals surface area contributed by atoms with Gasteiger partial charge in [-0.25, -0.2) is 4.79 Å². The monoisotopic (exact) mass is 466 g/mol. The SMILES string of the molecule is Cc1cc(Br)ccc1NC(=O)COC(=O)c1c2c(nc3ccccc13)CCCCC2. The molecule has 0 bridgehead atoms. The Morgan fingerprint density at radius 2 is 1.90 bits per heavy atom. The zero-order valence-electron chi connectivity index (χ0n) is 16.8. The molecule has 4 rings (SSSR count). The third-order valence-electron chi connectivity index (χ3n) is 5.42. The minimum atomic E-state index is -0.463. The van der Waals surface area contributed by atoms with Gasteiger partial charge in [-0.2, -0.15) is 0 Å². The third-order valence-corrected chi connectivity index (χ3v) is 5.91. The van der Waals surface area contributed by atoms with Crippen molar-refractivity contribution >= 4 is 44.4 Å². The molecule has 30 heavy (non-hydrogen) atoms. The molecule has 0 aliphatic heterocycles. The molecule has 1 aromatic heterocycles. The minimum Gasteiger partial charge on any atom is -0.452 e. The number of amides is 1. The van der Waals surface area contributed by atoms with Crippen LogP contribution in [-0.2, 0) is 22.4 Å². The van der Waals surface area contributed by atoms with Gasteiger partial charge < -0.3 is 10.1 Å². The summed E-state index contributed by atoms with van der Waals surface area (Å²) in [6.07, 6.45) is 4.89. The summed E-state index contributed by atoms with van der Waals surface area (Å²) in [4.78, 5) is 30.3. The number of aryl methyl sites for hydroxylation is 2. The largest absolute Gasteiger partial charge is 0.452 e. The van der Waals surface area contributed by atoms with E-state index in [-0.39, 0.29) is 12.5 Å². The topological polar surface area (TPSA) is 68.3 Å². The maximum absolute atomic E-state index is 13.1. The Balaban J connectivity index is 1.56. The molecule has 2 aromatic carbocycles. The number of carbonyl (C=O) groups is 2. The molecule has 0 saturated heterocycles. The maximum atomic E-state index is 13.1. The van der Waals surface area contributed by atoms with Gasteiger partial charge in [0.25, 0.3) is 5.91 Å². The molecule has 0 radical (unpaired) electrons. The lowest BCUT2D eigenvalue weighted by Gasteiger charge is -2.15. The second kappa shape index (κ2) is 8.96. The highest BCUT2D eigenvalue weighted by molar-refractivity contribution is 9.10. The number of benzene rings is 2. The number of nitrogens with one attached hydrogen (secondary N) is 1. The molecule has 1 heterocycles. The van der Waals surface area contributed by atoms with E-state index in [0.29, 0.717) is 11.3 Å². The minimum absolute atomic E-state index is 0.334. The molecular weight excluding hydrogens is 444 g/mol. The third kappa shape index (κ3) is 4.38. The molecular formula is C24H23BrN2O3. The van der Waals surface area contributed by atoms with Crippen molar-refractivity contribution in [3.05, 3.63) is 69.3 Å². The van der Waals surface area contributed by atoms with Crippen molar-refractivity contribution < 1.29 is 14.3 Å². The molecule has 0 fully saturated rings. The van der Waals surface area contributed by atoms with Crippen molar-refractivity contribution in [2.75, 3.05) is 11.9 Å². The Morgan fingerprint density at radius 3 is 2.73 bits per heavy atom. The molecule has 1 aliphatic carbocycles. The highest BCUT2D eigenvalue weighted by Crippen LogP contribution is 2.29. The van der Waals surface area contributed by atoms with Crippen LogP contribution < -0.4 is 5.32 Å². The number of esters is 1. The summed E-state index contributed by atoms with van der Waals surface area (Å²) in [5, 5.41) is 3.59. The maximum Gasteiger partial charge on any atom is 0.339 e. The molecule has 5 nitrogen and oxygen atoms in total. The van der Waals surface area contributed by atoms with Gasteiger partial charge in [0.15, 0.2) is 6.61 Å². The first-order valence-corrected chi connectivity index (χ1v) is 11.0. The number of nitrogens with zero attached hydrogens (tertiary/aromatic N) is 1. The average molecular weight is 467 g/mol. The van der Waals surface area contributed by atoms with Gasteiger partial charge in [-0.3, -0.25) is 9.78 Å². The molecule has 0 atom stereocenters. The summed E-state index contributed by atoms with van der Waals surface area (Å²) >= 11 is 3.41. The van der Waals surface area contributed by atoms with Crippen molar-refractivity contribution in [3.8, 4) is 0 Å². The molecule has 1 N–H and O–H groups in total. The van der Waals surface area contributed by atoms with E-state index in [2.05, 4.69) is 21.2 Å². The Hall–Kier alpha value is -2.73. The van der Waals surface area contributed by atoms with Gasteiger partial charge in [0, 0.05) is 21.2 Å². The Morgan fingerprint density at radius 1 is 1.10 bits per heavy atom. The number of halogens is 1. The summed E-state index contributed by atoms with van der Waals surface area (Å²) < 4.78 is 6.39. The van der Waals surface area contributed by atoms with Crippen LogP contribution >= 0.6 is 15.9 Å². The molecule has 3 aromatic rings. The highest BCUT2D eigenvalue weighted by atomic mass is 79.9. The van der Waals surface area contributed by atoms with Crippen LogP contribution in [-0.4, -0.2) is 23.5 Å². The smallest absolute Gasteiger partial charge is 0.339 e. The van der Waals surface area contributed by atoms with E-state index in [4.69, 9.17) is 9.72 Å². The van der Waals surface area contributed by atoms with Crippen LogP contribution in [0.3, 0.4) is 0 Å². The molecule has 0 spiro atoms. The van der Waals surface area contributed by atoms with E-state index in [1.54, 1.807) is 0 Å². The van der Waals surface area contributed by atoms with Crippen LogP contribution in [0.15, 0.2) is 46.9 Å². The number of para-hydroxylation sites is 1. The van der Waals surface area contributed by atoms with Crippen LogP contribution in [0, 0.1) is 6.92 Å². The Kier molecular flexibility index (Phi) is 6.13. The van der Waals surface area contributed by atoms with Crippen LogP contribution in [0.1, 0.15) is 46.4 Å². The molecule has 0 unspecified atom stereocenters. The van der Waals surface area contributed by atoms with Gasteiger partial charge >= 0.3 is 5.97 Å². The van der Waals surface area contributed by atoms with Crippen molar-refractivity contribution in [2.24, 2.45) is 0 Å². The number of carbonyl (C=O) groups excluding carboxylic acids is 2. The van der Waals surface area contributed by atoms with E-state index < -0.39 is 5.97 Å². The summed E-state index contributed by atoms with van der Waals surface area (Å²) in [5.74, 6) is -0.826. The number of ether oxygens (including phenoxy) is 1. The fourth-order valence-electron chi connectivity index (χ4n) is 3.94. The zero-order valence-corrected chi connectivity index (χ0v) is 18.4. The molecule has 1 aliphatic rings. The van der Waals surface area contributed by atoms with Crippen molar-refractivity contribution in [1.29, 1.82) is 0 Å². The first-order valence-electron chi connectivity index (χ1n) is 10.2. The Bertz CT molecular complexity index is 1130. The van der Waals surface area contributed by atoms with Crippen LogP contribution in [0.25, 0.3) is 10.9 Å². The number of fused-ring (bicyclic) bond motifs is 2. The second-order valence-corrected chi connectivity index (χ2v) is 8.49. The number of anilines is 1. The number of hydrogen-bond acceptors (Lipinski definition) is 4. The predicted molar refractivity (Wildman–Crippen MR) is 121 cm³/mol. The quantitative estimate of drug-likeness (QED) is 0.414. The lowest BCUT2D eigenvalue weighted by Crippen LogP contribution is -2.22. The average Bonchev–Trinajstić information content (AvgIpc) is 2.97. The Labute approximate surface area is 184 Å². The summed E-state index contributed by atoms with van der Waals surface area (Å²) in [6, 6.07) is 13.2. The number of rotatable bonds is 4. The first-order chi connectivity index (χ1) is 14.5. The molecule has 154 valence electrons. The van der Waals surface area contributed by atoms with Crippen molar-refractivity contribution in [2.45, 2.75) is 39.0 Å². The fourth-order valence-corrected chi connectivity index (χ4v) is 4.41. The lowest BCUT2D eigenvalue weighted by molar-refractivity contribution is -0.119. The first kappa shape index (κ1) is 20.5. The zero-order chi connectivity index (χ0) is 21.1. The van der Waals surface area contributed by atoms with E-state index in [1.807, 2.05) is 49.4 Å². The van der Waals surface area contributed by atoms with Gasteiger partial charge in [-0.1, -0.05) is 40.5 Å². The van der Waals surface area contributed by atoms with Crippen molar-refractivity contribution in [3.63, 3.8) is 0 Å². The second-order valence-electron chi connectivity index (χ2n) is 7.57. The number of hydrogen-bond donors (Lipinski definition) is 1. The van der Waals surface area contributed by atoms with E-state index in [9.17, 15) is 9.59 Å². The normalized spacial score (nSPS) is 13.4. The van der Waals surface area contributed by atoms with Gasteiger partial charge in [0.05, 0.1) is 11.1 Å². The fraction of sp³-hybridized carbons (Fsp3) is 0.292. The summed E-state index contributed by atoms with van der Waals surface area (Å²) in [6.45, 7) is 1.57. The van der Waals surface area contributed by atoms with Gasteiger partial charge in [0.2, 0.25) is 0 Å². The standard InChI is InChI=1S/C24H23BrN2O3/c1-15-13-16(25)11-12-19(15)27-22(28)14-30-24(29)23-17-7-3-2-4-9-20(17)26-21-10-6-5-8-18(21)23/h5-6,8,10-13H,2-4,7,9,14H2,1H3,(H,27,28). The van der Waals surface area contributed by atoms with Crippen molar-refractivity contribution in [1.82, 2.24) is 4.98 Å². The number of aromatic nitrogens is 1. The van der Waals surface area contributed by atoms with E-state index in [0.717, 1.165) is 64.3 Å². The van der Waals surface area contributed by atoms with Crippen LogP contribution in [0.5, 0.6) is 0 Å². The lowest BCUT2D eigenvalue weighted by atomic mass is 9.97. The van der Waals surface area contributed by atoms with Gasteiger partial charge in [0.1, 0.15) is 0 Å². The van der Waals surface area contributed by atoms with E-state index in [1.165, 1.54) is 0 Å². The highest BCUT2D eigenvalue weighted by Gasteiger charge is 2.23. The summed E-state index contributed by atoms with van der Waals surface area (Å²) in [7, 11) is 0. The molecule has 1 amide bonds.